The van der Waals surface area contributed by atoms with Crippen molar-refractivity contribution in [1.82, 2.24) is 15.5 Å². The van der Waals surface area contributed by atoms with Gasteiger partial charge >= 0.3 is 0 Å². The van der Waals surface area contributed by atoms with Gasteiger partial charge in [-0.15, -0.1) is 0 Å². The van der Waals surface area contributed by atoms with Crippen molar-refractivity contribution in [2.45, 2.75) is 13.0 Å². The lowest BCUT2D eigenvalue weighted by molar-refractivity contribution is -0.126. The van der Waals surface area contributed by atoms with E-state index in [-0.39, 0.29) is 11.8 Å². The molecule has 0 fully saturated rings. The first-order valence-electron chi connectivity index (χ1n) is 8.89. The van der Waals surface area contributed by atoms with Crippen LogP contribution < -0.4 is 14.8 Å². The van der Waals surface area contributed by atoms with Crippen LogP contribution in [0.1, 0.15) is 11.1 Å². The van der Waals surface area contributed by atoms with Gasteiger partial charge in [-0.05, 0) is 35.7 Å². The molecule has 4 rings (SSSR count). The van der Waals surface area contributed by atoms with Gasteiger partial charge in [-0.2, -0.15) is 5.10 Å². The highest BCUT2D eigenvalue weighted by Crippen LogP contribution is 2.30. The molecular formula is C21H21N3O3. The van der Waals surface area contributed by atoms with Crippen LogP contribution in [-0.2, 0) is 17.8 Å². The monoisotopic (exact) mass is 363 g/mol. The van der Waals surface area contributed by atoms with Gasteiger partial charge in [-0.25, -0.2) is 0 Å². The standard InChI is InChI=1S/C21H21N3O3/c1-26-18-7-8-19-15(10-18)9-16(13-27-19)21(25)22-11-17-12-23-24-20(17)14-5-3-2-4-6-14/h2-8,10,12,16H,9,11,13H2,1H3,(H,22,25)(H,23,24)/t16-/m0/s1. The molecule has 1 amide bonds. The Morgan fingerprint density at radius 1 is 1.30 bits per heavy atom. The number of hydrogen-bond donors (Lipinski definition) is 2. The summed E-state index contributed by atoms with van der Waals surface area (Å²) in [6.07, 6.45) is 2.38. The summed E-state index contributed by atoms with van der Waals surface area (Å²) in [5.74, 6) is 1.34. The maximum Gasteiger partial charge on any atom is 0.227 e. The van der Waals surface area contributed by atoms with Crippen LogP contribution in [0.15, 0.2) is 54.7 Å². The Hall–Kier alpha value is -3.28. The second-order valence-electron chi connectivity index (χ2n) is 6.54. The second-order valence-corrected chi connectivity index (χ2v) is 6.54. The number of nitrogens with one attached hydrogen (secondary N) is 2. The number of benzene rings is 2. The number of fused-ring (bicyclic) bond motifs is 1. The van der Waals surface area contributed by atoms with Gasteiger partial charge in [0.1, 0.15) is 18.1 Å². The zero-order chi connectivity index (χ0) is 18.6. The Bertz CT molecular complexity index is 937. The molecular weight excluding hydrogens is 342 g/mol. The summed E-state index contributed by atoms with van der Waals surface area (Å²) in [4.78, 5) is 12.7. The van der Waals surface area contributed by atoms with Crippen molar-refractivity contribution >= 4 is 5.91 Å². The number of methoxy groups -OCH3 is 1. The van der Waals surface area contributed by atoms with E-state index in [0.29, 0.717) is 19.6 Å². The van der Waals surface area contributed by atoms with E-state index < -0.39 is 0 Å². The zero-order valence-corrected chi connectivity index (χ0v) is 15.1. The van der Waals surface area contributed by atoms with Gasteiger partial charge in [0.05, 0.1) is 24.9 Å². The number of carbonyl (C=O) groups excluding carboxylic acids is 1. The summed E-state index contributed by atoms with van der Waals surface area (Å²) >= 11 is 0. The molecule has 6 nitrogen and oxygen atoms in total. The molecule has 0 saturated heterocycles. The molecule has 2 aromatic carbocycles. The Morgan fingerprint density at radius 3 is 2.96 bits per heavy atom. The summed E-state index contributed by atoms with van der Waals surface area (Å²) in [7, 11) is 1.63. The fourth-order valence-electron chi connectivity index (χ4n) is 3.29. The van der Waals surface area contributed by atoms with Gasteiger partial charge in [0.25, 0.3) is 0 Å². The lowest BCUT2D eigenvalue weighted by Crippen LogP contribution is -2.37. The van der Waals surface area contributed by atoms with Crippen LogP contribution in [0.2, 0.25) is 0 Å². The van der Waals surface area contributed by atoms with Crippen molar-refractivity contribution in [1.29, 1.82) is 0 Å². The van der Waals surface area contributed by atoms with Crippen molar-refractivity contribution in [2.24, 2.45) is 5.92 Å². The Morgan fingerprint density at radius 2 is 2.15 bits per heavy atom. The van der Waals surface area contributed by atoms with Crippen LogP contribution in [0.5, 0.6) is 11.5 Å². The van der Waals surface area contributed by atoms with Gasteiger partial charge in [-0.1, -0.05) is 30.3 Å². The van der Waals surface area contributed by atoms with E-state index in [1.807, 2.05) is 48.5 Å². The molecule has 0 saturated carbocycles. The van der Waals surface area contributed by atoms with Crippen LogP contribution >= 0.6 is 0 Å². The van der Waals surface area contributed by atoms with Crippen LogP contribution in [0, 0.1) is 5.92 Å². The number of aromatic amines is 1. The number of nitrogens with zero attached hydrogens (tertiary/aromatic N) is 1. The van der Waals surface area contributed by atoms with Crippen molar-refractivity contribution in [3.8, 4) is 22.8 Å². The Balaban J connectivity index is 1.41. The fourth-order valence-corrected chi connectivity index (χ4v) is 3.29. The molecule has 3 aromatic rings. The van der Waals surface area contributed by atoms with E-state index in [1.165, 1.54) is 0 Å². The molecule has 0 spiro atoms. The van der Waals surface area contributed by atoms with E-state index in [0.717, 1.165) is 33.9 Å². The predicted molar refractivity (Wildman–Crippen MR) is 102 cm³/mol. The van der Waals surface area contributed by atoms with Crippen LogP contribution in [0.25, 0.3) is 11.3 Å². The second kappa shape index (κ2) is 7.53. The first kappa shape index (κ1) is 17.1. The normalized spacial score (nSPS) is 15.5. The number of amides is 1. The molecule has 0 unspecified atom stereocenters. The van der Waals surface area contributed by atoms with Crippen LogP contribution in [-0.4, -0.2) is 29.8 Å². The molecule has 138 valence electrons. The number of ether oxygens (including phenoxy) is 2. The predicted octanol–water partition coefficient (Wildman–Crippen LogP) is 2.95. The molecule has 1 aliphatic heterocycles. The first-order valence-corrected chi connectivity index (χ1v) is 8.89. The summed E-state index contributed by atoms with van der Waals surface area (Å²) < 4.78 is 11.0. The van der Waals surface area contributed by atoms with Crippen LogP contribution in [0.3, 0.4) is 0 Å². The molecule has 0 bridgehead atoms. The minimum atomic E-state index is -0.225. The highest BCUT2D eigenvalue weighted by Gasteiger charge is 2.26. The molecule has 1 atom stereocenters. The first-order chi connectivity index (χ1) is 13.2. The van der Waals surface area contributed by atoms with Gasteiger partial charge in [0.15, 0.2) is 0 Å². The van der Waals surface area contributed by atoms with Gasteiger partial charge in [0.2, 0.25) is 5.91 Å². The average molecular weight is 363 g/mol. The number of hydrogen-bond acceptors (Lipinski definition) is 4. The summed E-state index contributed by atoms with van der Waals surface area (Å²) in [5.41, 5.74) is 3.91. The Kier molecular flexibility index (Phi) is 4.78. The van der Waals surface area contributed by atoms with E-state index in [4.69, 9.17) is 9.47 Å². The molecule has 27 heavy (non-hydrogen) atoms. The lowest BCUT2D eigenvalue weighted by atomic mass is 9.95. The van der Waals surface area contributed by atoms with Gasteiger partial charge < -0.3 is 14.8 Å². The smallest absolute Gasteiger partial charge is 0.227 e. The molecule has 2 heterocycles. The highest BCUT2D eigenvalue weighted by atomic mass is 16.5. The third kappa shape index (κ3) is 3.65. The zero-order valence-electron chi connectivity index (χ0n) is 15.1. The van der Waals surface area contributed by atoms with E-state index >= 15 is 0 Å². The average Bonchev–Trinajstić information content (AvgIpc) is 3.20. The van der Waals surface area contributed by atoms with Crippen molar-refractivity contribution in [2.75, 3.05) is 13.7 Å². The van der Waals surface area contributed by atoms with E-state index in [2.05, 4.69) is 15.5 Å². The number of carbonyl (C=O) groups is 1. The third-order valence-corrected chi connectivity index (χ3v) is 4.78. The Labute approximate surface area is 157 Å². The number of aromatic nitrogens is 2. The summed E-state index contributed by atoms with van der Waals surface area (Å²) in [5, 5.41) is 10.1. The van der Waals surface area contributed by atoms with Crippen molar-refractivity contribution in [3.05, 3.63) is 65.9 Å². The fraction of sp³-hybridized carbons (Fsp3) is 0.238. The highest BCUT2D eigenvalue weighted by molar-refractivity contribution is 5.80. The molecule has 0 aliphatic carbocycles. The summed E-state index contributed by atoms with van der Waals surface area (Å²) in [6.45, 7) is 0.795. The summed E-state index contributed by atoms with van der Waals surface area (Å²) in [6, 6.07) is 15.6. The quantitative estimate of drug-likeness (QED) is 0.731. The van der Waals surface area contributed by atoms with Crippen molar-refractivity contribution in [3.63, 3.8) is 0 Å². The maximum absolute atomic E-state index is 12.7. The largest absolute Gasteiger partial charge is 0.497 e. The number of rotatable bonds is 5. The third-order valence-electron chi connectivity index (χ3n) is 4.78. The SMILES string of the molecule is COc1ccc2c(c1)C[C@H](C(=O)NCc1cn[nH]c1-c1ccccc1)CO2. The topological polar surface area (TPSA) is 76.2 Å². The molecule has 0 radical (unpaired) electrons. The minimum Gasteiger partial charge on any atom is -0.497 e. The maximum atomic E-state index is 12.7. The van der Waals surface area contributed by atoms with E-state index in [9.17, 15) is 4.79 Å². The van der Waals surface area contributed by atoms with Gasteiger partial charge in [-0.3, -0.25) is 9.89 Å². The molecule has 1 aromatic heterocycles. The van der Waals surface area contributed by atoms with Crippen molar-refractivity contribution < 1.29 is 14.3 Å². The minimum absolute atomic E-state index is 0.0244. The van der Waals surface area contributed by atoms with E-state index in [1.54, 1.807) is 13.3 Å². The molecule has 2 N–H and O–H groups in total. The van der Waals surface area contributed by atoms with Crippen LogP contribution in [0.4, 0.5) is 0 Å². The lowest BCUT2D eigenvalue weighted by Gasteiger charge is -2.25. The molecule has 1 aliphatic rings. The molecule has 6 heteroatoms. The number of H-pyrrole nitrogens is 1. The van der Waals surface area contributed by atoms with Gasteiger partial charge in [0, 0.05) is 12.1 Å².